The van der Waals surface area contributed by atoms with Crippen LogP contribution < -0.4 is 0 Å². The molecule has 0 saturated heterocycles. The van der Waals surface area contributed by atoms with E-state index in [1.165, 1.54) is 16.3 Å². The van der Waals surface area contributed by atoms with E-state index in [1.807, 2.05) is 0 Å². The molecule has 0 N–H and O–H groups in total. The summed E-state index contributed by atoms with van der Waals surface area (Å²) in [7, 11) is 4.81. The van der Waals surface area contributed by atoms with Gasteiger partial charge in [0.1, 0.15) is 0 Å². The van der Waals surface area contributed by atoms with Crippen molar-refractivity contribution in [1.82, 2.24) is 0 Å². The molecule has 0 amide bonds. The molecule has 0 bridgehead atoms. The zero-order chi connectivity index (χ0) is 12.2. The van der Waals surface area contributed by atoms with Gasteiger partial charge in [0.2, 0.25) is 0 Å². The van der Waals surface area contributed by atoms with Gasteiger partial charge in [0.15, 0.2) is 0 Å². The fourth-order valence-electron chi connectivity index (χ4n) is 1.39. The van der Waals surface area contributed by atoms with Crippen molar-refractivity contribution in [3.8, 4) is 0 Å². The maximum Gasteiger partial charge on any atom is 0.317 e. The summed E-state index contributed by atoms with van der Waals surface area (Å²) in [5, 5.41) is 2.68. The molecule has 0 radical (unpaired) electrons. The van der Waals surface area contributed by atoms with Gasteiger partial charge in [-0.1, -0.05) is 42.5 Å². The first-order valence-electron chi connectivity index (χ1n) is 4.46. The van der Waals surface area contributed by atoms with Gasteiger partial charge in [-0.05, 0) is 23.3 Å². The topological polar surface area (TPSA) is 34.1 Å². The second kappa shape index (κ2) is 5.53. The van der Waals surface area contributed by atoms with Crippen LogP contribution in [0.5, 0.6) is 0 Å². The van der Waals surface area contributed by atoms with Crippen molar-refractivity contribution in [2.45, 2.75) is 6.92 Å². The molecule has 0 aliphatic rings. The van der Waals surface area contributed by atoms with Gasteiger partial charge in [-0.15, -0.1) is 0 Å². The average Bonchev–Trinajstić information content (AvgIpc) is 2.16. The van der Waals surface area contributed by atoms with Gasteiger partial charge in [0.05, 0.1) is 0 Å². The molecule has 0 heterocycles. The molecule has 2 aromatic rings. The van der Waals surface area contributed by atoms with E-state index >= 15 is 0 Å². The fourth-order valence-corrected chi connectivity index (χ4v) is 1.39. The van der Waals surface area contributed by atoms with Crippen molar-refractivity contribution in [2.24, 2.45) is 0 Å². The minimum atomic E-state index is -3.72. The van der Waals surface area contributed by atoms with Gasteiger partial charge in [-0.3, -0.25) is 0 Å². The van der Waals surface area contributed by atoms with Crippen LogP contribution in [0, 0.1) is 6.92 Å². The van der Waals surface area contributed by atoms with Crippen LogP contribution in [0.4, 0.5) is 0 Å². The van der Waals surface area contributed by atoms with E-state index in [9.17, 15) is 0 Å². The van der Waals surface area contributed by atoms with Crippen LogP contribution in [0.1, 0.15) is 5.56 Å². The lowest BCUT2D eigenvalue weighted by molar-refractivity contribution is 0.621. The Morgan fingerprint density at radius 1 is 0.938 bits per heavy atom. The van der Waals surface area contributed by atoms with Crippen LogP contribution in [0.3, 0.4) is 0 Å². The lowest BCUT2D eigenvalue weighted by atomic mass is 10.1. The minimum Gasteiger partial charge on any atom is -0.195 e. The summed E-state index contributed by atoms with van der Waals surface area (Å²) in [4.78, 5) is 0. The quantitative estimate of drug-likeness (QED) is 0.685. The molecule has 0 saturated carbocycles. The number of aryl methyl sites for hydroxylation is 1. The second-order valence-corrected chi connectivity index (χ2v) is 6.84. The standard InChI is InChI=1S/C11H10.Cl2O2S/c1-9-5-4-7-10-6-2-3-8-11(9)10;1-5(2,3)4/h2-8H,1H3;. The molecule has 2 rings (SSSR count). The Bertz CT molecular complexity index is 566. The number of benzene rings is 2. The Morgan fingerprint density at radius 3 is 2.00 bits per heavy atom. The smallest absolute Gasteiger partial charge is 0.195 e. The van der Waals surface area contributed by atoms with E-state index in [2.05, 4.69) is 70.8 Å². The molecule has 0 aliphatic carbocycles. The van der Waals surface area contributed by atoms with Crippen molar-refractivity contribution in [2.75, 3.05) is 0 Å². The summed E-state index contributed by atoms with van der Waals surface area (Å²) >= 11 is 0. The third-order valence-corrected chi connectivity index (χ3v) is 2.01. The highest BCUT2D eigenvalue weighted by Gasteiger charge is 1.92. The first-order valence-corrected chi connectivity index (χ1v) is 7.60. The van der Waals surface area contributed by atoms with Gasteiger partial charge in [0, 0.05) is 21.4 Å². The molecular formula is C11H10Cl2O2S. The highest BCUT2D eigenvalue weighted by molar-refractivity contribution is 8.31. The van der Waals surface area contributed by atoms with Crippen molar-refractivity contribution < 1.29 is 8.42 Å². The van der Waals surface area contributed by atoms with Gasteiger partial charge in [0.25, 0.3) is 0 Å². The van der Waals surface area contributed by atoms with Crippen molar-refractivity contribution in [3.63, 3.8) is 0 Å². The lowest BCUT2D eigenvalue weighted by Crippen LogP contribution is -1.75. The molecule has 0 aliphatic heterocycles. The summed E-state index contributed by atoms with van der Waals surface area (Å²) in [5.41, 5.74) is 1.35. The molecule has 0 spiro atoms. The summed E-state index contributed by atoms with van der Waals surface area (Å²) < 4.78 is 18.3. The van der Waals surface area contributed by atoms with Crippen LogP contribution >= 0.6 is 21.4 Å². The lowest BCUT2D eigenvalue weighted by Gasteiger charge is -1.98. The first-order chi connectivity index (χ1) is 7.38. The number of hydrogen-bond acceptors (Lipinski definition) is 2. The summed E-state index contributed by atoms with van der Waals surface area (Å²) in [6.07, 6.45) is 0. The minimum absolute atomic E-state index is 1.33. The van der Waals surface area contributed by atoms with Crippen molar-refractivity contribution in [1.29, 1.82) is 0 Å². The third-order valence-electron chi connectivity index (χ3n) is 2.01. The first kappa shape index (κ1) is 13.3. The van der Waals surface area contributed by atoms with Crippen molar-refractivity contribution in [3.05, 3.63) is 48.0 Å². The molecule has 0 fully saturated rings. The normalized spacial score (nSPS) is 10.7. The molecule has 2 aromatic carbocycles. The molecule has 5 heteroatoms. The Kier molecular flexibility index (Phi) is 4.59. The van der Waals surface area contributed by atoms with Crippen LogP contribution in [0.25, 0.3) is 10.8 Å². The average molecular weight is 277 g/mol. The van der Waals surface area contributed by atoms with Crippen LogP contribution in [0.15, 0.2) is 42.5 Å². The van der Waals surface area contributed by atoms with E-state index in [-0.39, 0.29) is 0 Å². The highest BCUT2D eigenvalue weighted by atomic mass is 36.0. The number of fused-ring (bicyclic) bond motifs is 1. The van der Waals surface area contributed by atoms with Gasteiger partial charge >= 0.3 is 8.26 Å². The molecule has 2 nitrogen and oxygen atoms in total. The van der Waals surface area contributed by atoms with E-state index < -0.39 is 8.26 Å². The summed E-state index contributed by atoms with van der Waals surface area (Å²) in [6.45, 7) is 2.14. The SMILES string of the molecule is Cc1cccc2ccccc12.O=S(=O)(Cl)Cl. The van der Waals surface area contributed by atoms with Gasteiger partial charge in [-0.25, -0.2) is 0 Å². The zero-order valence-electron chi connectivity index (χ0n) is 8.52. The van der Waals surface area contributed by atoms with Gasteiger partial charge in [-0.2, -0.15) is 8.42 Å². The molecule has 16 heavy (non-hydrogen) atoms. The number of halogens is 2. The largest absolute Gasteiger partial charge is 0.317 e. The van der Waals surface area contributed by atoms with E-state index in [1.54, 1.807) is 0 Å². The molecule has 0 atom stereocenters. The Morgan fingerprint density at radius 2 is 1.44 bits per heavy atom. The predicted octanol–water partition coefficient (Wildman–Crippen LogP) is 3.86. The molecule has 0 aromatic heterocycles. The summed E-state index contributed by atoms with van der Waals surface area (Å²) in [5.74, 6) is 0. The van der Waals surface area contributed by atoms with E-state index in [0.717, 1.165) is 0 Å². The summed E-state index contributed by atoms with van der Waals surface area (Å²) in [6, 6.07) is 14.8. The van der Waals surface area contributed by atoms with E-state index in [0.29, 0.717) is 0 Å². The monoisotopic (exact) mass is 276 g/mol. The van der Waals surface area contributed by atoms with Crippen LogP contribution in [-0.2, 0) is 8.26 Å². The molecule has 0 unspecified atom stereocenters. The van der Waals surface area contributed by atoms with Crippen LogP contribution in [-0.4, -0.2) is 8.42 Å². The Hall–Kier alpha value is -0.770. The maximum atomic E-state index is 9.16. The maximum absolute atomic E-state index is 9.16. The molecule has 86 valence electrons. The third kappa shape index (κ3) is 4.84. The van der Waals surface area contributed by atoms with Crippen molar-refractivity contribution >= 4 is 40.4 Å². The zero-order valence-corrected chi connectivity index (χ0v) is 10.9. The van der Waals surface area contributed by atoms with E-state index in [4.69, 9.17) is 8.42 Å². The van der Waals surface area contributed by atoms with Gasteiger partial charge < -0.3 is 0 Å². The number of rotatable bonds is 0. The van der Waals surface area contributed by atoms with Crippen LogP contribution in [0.2, 0.25) is 0 Å². The fraction of sp³-hybridized carbons (Fsp3) is 0.0909. The Balaban J connectivity index is 0.000000221. The molecular weight excluding hydrogens is 267 g/mol. The Labute approximate surface area is 104 Å². The second-order valence-electron chi connectivity index (χ2n) is 3.17. The number of hydrogen-bond donors (Lipinski definition) is 0. The predicted molar refractivity (Wildman–Crippen MR) is 69.3 cm³/mol. The highest BCUT2D eigenvalue weighted by Crippen LogP contribution is 2.16.